The predicted octanol–water partition coefficient (Wildman–Crippen LogP) is 2.75. The summed E-state index contributed by atoms with van der Waals surface area (Å²) in [5.74, 6) is 0.375. The Morgan fingerprint density at radius 1 is 1.26 bits per heavy atom. The maximum atomic E-state index is 12.8. The molecular weight excluding hydrogens is 342 g/mol. The van der Waals surface area contributed by atoms with Crippen LogP contribution in [-0.2, 0) is 11.3 Å². The molecule has 27 heavy (non-hydrogen) atoms. The van der Waals surface area contributed by atoms with Crippen molar-refractivity contribution >= 4 is 23.1 Å². The maximum Gasteiger partial charge on any atom is 0.262 e. The van der Waals surface area contributed by atoms with E-state index in [4.69, 9.17) is 10.00 Å². The van der Waals surface area contributed by atoms with Gasteiger partial charge in [-0.15, -0.1) is 0 Å². The largest absolute Gasteiger partial charge is 0.385 e. The molecular formula is C20H19N5O2. The normalized spacial score (nSPS) is 11.0. The summed E-state index contributed by atoms with van der Waals surface area (Å²) in [4.78, 5) is 17.3. The van der Waals surface area contributed by atoms with Gasteiger partial charge in [0.1, 0.15) is 0 Å². The number of hydrogen-bond acceptors (Lipinski definition) is 6. The van der Waals surface area contributed by atoms with Crippen LogP contribution in [0.5, 0.6) is 0 Å². The number of fused-ring (bicyclic) bond motifs is 1. The fraction of sp³-hybridized carbons (Fsp3) is 0.200. The molecule has 7 nitrogen and oxygen atoms in total. The van der Waals surface area contributed by atoms with E-state index in [1.165, 1.54) is 0 Å². The van der Waals surface area contributed by atoms with E-state index in [1.807, 2.05) is 12.1 Å². The molecule has 1 aromatic heterocycles. The van der Waals surface area contributed by atoms with Crippen molar-refractivity contribution in [3.8, 4) is 6.07 Å². The second-order valence-corrected chi connectivity index (χ2v) is 5.86. The van der Waals surface area contributed by atoms with Crippen LogP contribution in [-0.4, -0.2) is 29.5 Å². The lowest BCUT2D eigenvalue weighted by molar-refractivity contribution is 0.190. The van der Waals surface area contributed by atoms with Crippen LogP contribution in [0.3, 0.4) is 0 Å². The first-order valence-corrected chi connectivity index (χ1v) is 8.50. The molecule has 0 spiro atoms. The SMILES string of the molecule is COCCCn1c(N/N=C\c2ccc(C#N)cc2)nc2ccccc2c1=O. The second kappa shape index (κ2) is 8.74. The van der Waals surface area contributed by atoms with Crippen molar-refractivity contribution in [3.63, 3.8) is 0 Å². The first kappa shape index (κ1) is 18.3. The van der Waals surface area contributed by atoms with Crippen LogP contribution in [0, 0.1) is 11.3 Å². The van der Waals surface area contributed by atoms with Crippen LogP contribution < -0.4 is 11.0 Å². The Morgan fingerprint density at radius 3 is 2.78 bits per heavy atom. The minimum atomic E-state index is -0.118. The zero-order valence-corrected chi connectivity index (χ0v) is 14.9. The minimum absolute atomic E-state index is 0.118. The van der Waals surface area contributed by atoms with E-state index >= 15 is 0 Å². The summed E-state index contributed by atoms with van der Waals surface area (Å²) in [6, 6.07) is 16.3. The van der Waals surface area contributed by atoms with Gasteiger partial charge in [-0.3, -0.25) is 9.36 Å². The van der Waals surface area contributed by atoms with Crippen LogP contribution in [0.25, 0.3) is 10.9 Å². The highest BCUT2D eigenvalue weighted by Crippen LogP contribution is 2.12. The van der Waals surface area contributed by atoms with E-state index in [-0.39, 0.29) is 5.56 Å². The molecule has 7 heteroatoms. The molecule has 3 rings (SSSR count). The van der Waals surface area contributed by atoms with Crippen molar-refractivity contribution in [2.45, 2.75) is 13.0 Å². The number of aromatic nitrogens is 2. The average molecular weight is 361 g/mol. The molecule has 0 bridgehead atoms. The second-order valence-electron chi connectivity index (χ2n) is 5.86. The van der Waals surface area contributed by atoms with E-state index in [2.05, 4.69) is 21.6 Å². The number of ether oxygens (including phenoxy) is 1. The number of nitrogens with zero attached hydrogens (tertiary/aromatic N) is 4. The number of hydrazone groups is 1. The first-order valence-electron chi connectivity index (χ1n) is 8.50. The minimum Gasteiger partial charge on any atom is -0.385 e. The number of rotatable bonds is 7. The standard InChI is InChI=1S/C20H19N5O2/c1-27-12-4-11-25-19(26)17-5-2-3-6-18(17)23-20(25)24-22-14-16-9-7-15(13-21)8-10-16/h2-3,5-10,14H,4,11-12H2,1H3,(H,23,24)/b22-14-. The highest BCUT2D eigenvalue weighted by Gasteiger charge is 2.10. The highest BCUT2D eigenvalue weighted by molar-refractivity contribution is 5.81. The molecule has 0 unspecified atom stereocenters. The molecule has 1 heterocycles. The summed E-state index contributed by atoms with van der Waals surface area (Å²) in [5.41, 5.74) is 4.78. The molecule has 136 valence electrons. The van der Waals surface area contributed by atoms with Crippen molar-refractivity contribution in [3.05, 3.63) is 70.0 Å². The molecule has 0 aliphatic carbocycles. The summed E-state index contributed by atoms with van der Waals surface area (Å²) < 4.78 is 6.65. The highest BCUT2D eigenvalue weighted by atomic mass is 16.5. The van der Waals surface area contributed by atoms with E-state index in [0.717, 1.165) is 5.56 Å². The zero-order chi connectivity index (χ0) is 19.1. The van der Waals surface area contributed by atoms with Gasteiger partial charge < -0.3 is 4.74 Å². The molecule has 2 aromatic carbocycles. The van der Waals surface area contributed by atoms with Crippen molar-refractivity contribution < 1.29 is 4.74 Å². The van der Waals surface area contributed by atoms with Crippen molar-refractivity contribution in [1.82, 2.24) is 9.55 Å². The number of methoxy groups -OCH3 is 1. The molecule has 3 aromatic rings. The fourth-order valence-electron chi connectivity index (χ4n) is 2.64. The molecule has 0 aliphatic rings. The smallest absolute Gasteiger partial charge is 0.262 e. The fourth-order valence-corrected chi connectivity index (χ4v) is 2.64. The molecule has 0 saturated heterocycles. The quantitative estimate of drug-likeness (QED) is 0.397. The number of para-hydroxylation sites is 1. The first-order chi connectivity index (χ1) is 13.2. The van der Waals surface area contributed by atoms with E-state index in [0.29, 0.717) is 42.0 Å². The number of hydrogen-bond donors (Lipinski definition) is 1. The van der Waals surface area contributed by atoms with Crippen LogP contribution in [0.4, 0.5) is 5.95 Å². The topological polar surface area (TPSA) is 92.3 Å². The lowest BCUT2D eigenvalue weighted by Gasteiger charge is -2.12. The Morgan fingerprint density at radius 2 is 2.04 bits per heavy atom. The van der Waals surface area contributed by atoms with Gasteiger partial charge in [0.2, 0.25) is 5.95 Å². The molecule has 0 atom stereocenters. The lowest BCUT2D eigenvalue weighted by Crippen LogP contribution is -2.24. The van der Waals surface area contributed by atoms with Gasteiger partial charge >= 0.3 is 0 Å². The van der Waals surface area contributed by atoms with Gasteiger partial charge in [0.25, 0.3) is 5.56 Å². The molecule has 0 radical (unpaired) electrons. The molecule has 0 saturated carbocycles. The van der Waals surface area contributed by atoms with Gasteiger partial charge in [-0.05, 0) is 36.2 Å². The van der Waals surface area contributed by atoms with Gasteiger partial charge in [0, 0.05) is 20.3 Å². The summed E-state index contributed by atoms with van der Waals surface area (Å²) >= 11 is 0. The molecule has 0 amide bonds. The number of nitriles is 1. The van der Waals surface area contributed by atoms with E-state index < -0.39 is 0 Å². The number of anilines is 1. The van der Waals surface area contributed by atoms with Crippen molar-refractivity contribution in [1.29, 1.82) is 5.26 Å². The summed E-state index contributed by atoms with van der Waals surface area (Å²) in [6.07, 6.45) is 2.30. The molecule has 0 aliphatic heterocycles. The van der Waals surface area contributed by atoms with Crippen LogP contribution in [0.1, 0.15) is 17.5 Å². The van der Waals surface area contributed by atoms with E-state index in [9.17, 15) is 4.79 Å². The lowest BCUT2D eigenvalue weighted by atomic mass is 10.2. The van der Waals surface area contributed by atoms with Gasteiger partial charge in [0.05, 0.1) is 28.8 Å². The van der Waals surface area contributed by atoms with Crippen LogP contribution in [0.2, 0.25) is 0 Å². The maximum absolute atomic E-state index is 12.8. The van der Waals surface area contributed by atoms with Crippen LogP contribution in [0.15, 0.2) is 58.4 Å². The number of benzene rings is 2. The van der Waals surface area contributed by atoms with Gasteiger partial charge in [0.15, 0.2) is 0 Å². The third-order valence-electron chi connectivity index (χ3n) is 4.01. The Balaban J connectivity index is 1.88. The monoisotopic (exact) mass is 361 g/mol. The Kier molecular flexibility index (Phi) is 5.92. The van der Waals surface area contributed by atoms with Crippen molar-refractivity contribution in [2.75, 3.05) is 19.1 Å². The van der Waals surface area contributed by atoms with Gasteiger partial charge in [-0.25, -0.2) is 10.4 Å². The Bertz CT molecular complexity index is 1050. The van der Waals surface area contributed by atoms with E-state index in [1.54, 1.807) is 54.3 Å². The van der Waals surface area contributed by atoms with Crippen molar-refractivity contribution in [2.24, 2.45) is 5.10 Å². The number of nitrogens with one attached hydrogen (secondary N) is 1. The molecule has 1 N–H and O–H groups in total. The predicted molar refractivity (Wildman–Crippen MR) is 105 cm³/mol. The third kappa shape index (κ3) is 4.37. The third-order valence-corrected chi connectivity index (χ3v) is 4.01. The van der Waals surface area contributed by atoms with Gasteiger partial charge in [-0.2, -0.15) is 10.4 Å². The zero-order valence-electron chi connectivity index (χ0n) is 14.9. The summed E-state index contributed by atoms with van der Waals surface area (Å²) in [7, 11) is 1.63. The summed E-state index contributed by atoms with van der Waals surface area (Å²) in [6.45, 7) is 1.02. The molecule has 0 fully saturated rings. The van der Waals surface area contributed by atoms with Gasteiger partial charge in [-0.1, -0.05) is 24.3 Å². The Labute approximate surface area is 156 Å². The Hall–Kier alpha value is -3.50. The average Bonchev–Trinajstić information content (AvgIpc) is 2.71. The van der Waals surface area contributed by atoms with Crippen LogP contribution >= 0.6 is 0 Å². The summed E-state index contributed by atoms with van der Waals surface area (Å²) in [5, 5.41) is 13.6.